The van der Waals surface area contributed by atoms with Crippen molar-refractivity contribution in [3.05, 3.63) is 34.9 Å². The van der Waals surface area contributed by atoms with Gasteiger partial charge in [0.2, 0.25) is 9.05 Å². The molecule has 108 valence electrons. The fourth-order valence-electron chi connectivity index (χ4n) is 1.84. The van der Waals surface area contributed by atoms with E-state index < -0.39 is 9.05 Å². The smallest absolute Gasteiger partial charge is 0.212 e. The van der Waals surface area contributed by atoms with Crippen LogP contribution in [0.4, 0.5) is 0 Å². The van der Waals surface area contributed by atoms with Crippen molar-refractivity contribution in [2.24, 2.45) is 0 Å². The molecule has 0 amide bonds. The van der Waals surface area contributed by atoms with Gasteiger partial charge in [0, 0.05) is 10.7 Å². The van der Waals surface area contributed by atoms with E-state index in [0.29, 0.717) is 0 Å². The van der Waals surface area contributed by atoms with Gasteiger partial charge in [0.05, 0.1) is 5.75 Å². The lowest BCUT2D eigenvalue weighted by molar-refractivity contribution is 0.566. The number of hydrogen-bond acceptors (Lipinski definition) is 2. The standard InChI is InChI=1S/C15H23ClO2S/c1-14(2,3)12-7-11(10-19(16,17)18)8-13(9-12)15(4,5)6/h7-9H,10H2,1-6H3. The van der Waals surface area contributed by atoms with Crippen LogP contribution in [-0.4, -0.2) is 8.42 Å². The molecule has 0 aliphatic rings. The Morgan fingerprint density at radius 1 is 0.895 bits per heavy atom. The summed E-state index contributed by atoms with van der Waals surface area (Å²) >= 11 is 0. The molecule has 0 fully saturated rings. The number of halogens is 1. The summed E-state index contributed by atoms with van der Waals surface area (Å²) < 4.78 is 22.6. The van der Waals surface area contributed by atoms with Gasteiger partial charge in [0.15, 0.2) is 0 Å². The monoisotopic (exact) mass is 302 g/mol. The van der Waals surface area contributed by atoms with Gasteiger partial charge < -0.3 is 0 Å². The number of benzene rings is 1. The van der Waals surface area contributed by atoms with Crippen LogP contribution in [0.3, 0.4) is 0 Å². The lowest BCUT2D eigenvalue weighted by Gasteiger charge is -2.26. The maximum Gasteiger partial charge on any atom is 0.236 e. The van der Waals surface area contributed by atoms with E-state index in [1.807, 2.05) is 12.1 Å². The molecule has 0 radical (unpaired) electrons. The minimum absolute atomic E-state index is 0.0217. The van der Waals surface area contributed by atoms with E-state index in [0.717, 1.165) is 16.7 Å². The average molecular weight is 303 g/mol. The summed E-state index contributed by atoms with van der Waals surface area (Å²) in [4.78, 5) is 0. The molecular formula is C15H23ClO2S. The second kappa shape index (κ2) is 5.10. The van der Waals surface area contributed by atoms with Crippen LogP contribution >= 0.6 is 10.7 Å². The number of rotatable bonds is 2. The van der Waals surface area contributed by atoms with Gasteiger partial charge in [-0.25, -0.2) is 8.42 Å². The Kier molecular flexibility index (Phi) is 4.43. The molecular weight excluding hydrogens is 280 g/mol. The summed E-state index contributed by atoms with van der Waals surface area (Å²) in [5, 5.41) is 0. The molecule has 0 saturated carbocycles. The van der Waals surface area contributed by atoms with Crippen LogP contribution in [0.5, 0.6) is 0 Å². The highest BCUT2D eigenvalue weighted by Gasteiger charge is 2.21. The van der Waals surface area contributed by atoms with Gasteiger partial charge in [-0.1, -0.05) is 59.7 Å². The third kappa shape index (κ3) is 5.15. The molecule has 0 spiro atoms. The van der Waals surface area contributed by atoms with Crippen molar-refractivity contribution < 1.29 is 8.42 Å². The summed E-state index contributed by atoms with van der Waals surface area (Å²) in [5.74, 6) is -0.123. The van der Waals surface area contributed by atoms with Crippen LogP contribution < -0.4 is 0 Å². The first-order chi connectivity index (χ1) is 8.29. The van der Waals surface area contributed by atoms with Crippen molar-refractivity contribution in [1.29, 1.82) is 0 Å². The molecule has 0 atom stereocenters. The molecule has 1 aromatic carbocycles. The second-order valence-corrected chi connectivity index (χ2v) is 9.88. The highest BCUT2D eigenvalue weighted by atomic mass is 35.7. The van der Waals surface area contributed by atoms with Crippen LogP contribution in [0.2, 0.25) is 0 Å². The van der Waals surface area contributed by atoms with E-state index in [-0.39, 0.29) is 16.6 Å². The number of hydrogen-bond donors (Lipinski definition) is 0. The predicted molar refractivity (Wildman–Crippen MR) is 82.3 cm³/mol. The van der Waals surface area contributed by atoms with E-state index in [9.17, 15) is 8.42 Å². The Morgan fingerprint density at radius 2 is 1.26 bits per heavy atom. The summed E-state index contributed by atoms with van der Waals surface area (Å²) in [7, 11) is 1.84. The molecule has 0 saturated heterocycles. The van der Waals surface area contributed by atoms with Gasteiger partial charge in [-0.15, -0.1) is 0 Å². The summed E-state index contributed by atoms with van der Waals surface area (Å²) in [6.07, 6.45) is 0. The zero-order valence-corrected chi connectivity index (χ0v) is 14.1. The van der Waals surface area contributed by atoms with Crippen molar-refractivity contribution in [3.63, 3.8) is 0 Å². The molecule has 0 heterocycles. The first-order valence-corrected chi connectivity index (χ1v) is 8.84. The molecule has 2 nitrogen and oxygen atoms in total. The Morgan fingerprint density at radius 3 is 1.53 bits per heavy atom. The topological polar surface area (TPSA) is 34.1 Å². The Balaban J connectivity index is 3.41. The quantitative estimate of drug-likeness (QED) is 0.761. The molecule has 0 N–H and O–H groups in total. The normalized spacial score (nSPS) is 13.6. The molecule has 1 rings (SSSR count). The summed E-state index contributed by atoms with van der Waals surface area (Å²) in [6, 6.07) is 6.04. The van der Waals surface area contributed by atoms with E-state index in [1.165, 1.54) is 0 Å². The first kappa shape index (κ1) is 16.5. The zero-order chi connectivity index (χ0) is 15.1. The highest BCUT2D eigenvalue weighted by molar-refractivity contribution is 8.13. The third-order valence-corrected chi connectivity index (χ3v) is 4.07. The third-order valence-electron chi connectivity index (χ3n) is 3.06. The van der Waals surface area contributed by atoms with Gasteiger partial charge in [0.25, 0.3) is 0 Å². The van der Waals surface area contributed by atoms with Crippen LogP contribution in [0, 0.1) is 0 Å². The van der Waals surface area contributed by atoms with Gasteiger partial charge in [-0.05, 0) is 27.5 Å². The fraction of sp³-hybridized carbons (Fsp3) is 0.600. The molecule has 0 aliphatic heterocycles. The maximum atomic E-state index is 11.3. The summed E-state index contributed by atoms with van der Waals surface area (Å²) in [5.41, 5.74) is 2.98. The van der Waals surface area contributed by atoms with Gasteiger partial charge in [-0.3, -0.25) is 0 Å². The van der Waals surface area contributed by atoms with E-state index in [2.05, 4.69) is 47.6 Å². The largest absolute Gasteiger partial charge is 0.236 e. The SMILES string of the molecule is CC(C)(C)c1cc(CS(=O)(=O)Cl)cc(C(C)(C)C)c1. The molecule has 1 aromatic rings. The van der Waals surface area contributed by atoms with Crippen molar-refractivity contribution in [1.82, 2.24) is 0 Å². The van der Waals surface area contributed by atoms with Crippen LogP contribution in [0.15, 0.2) is 18.2 Å². The Hall–Kier alpha value is -0.540. The first-order valence-electron chi connectivity index (χ1n) is 6.36. The Bertz CT molecular complexity index is 529. The minimum Gasteiger partial charge on any atom is -0.212 e. The molecule has 19 heavy (non-hydrogen) atoms. The lowest BCUT2D eigenvalue weighted by Crippen LogP contribution is -2.17. The van der Waals surface area contributed by atoms with E-state index in [1.54, 1.807) is 0 Å². The van der Waals surface area contributed by atoms with Crippen LogP contribution in [-0.2, 0) is 25.6 Å². The Labute approximate surface area is 121 Å². The molecule has 4 heteroatoms. The molecule has 0 aromatic heterocycles. The van der Waals surface area contributed by atoms with E-state index in [4.69, 9.17) is 10.7 Å². The van der Waals surface area contributed by atoms with Crippen LogP contribution in [0.1, 0.15) is 58.2 Å². The van der Waals surface area contributed by atoms with Gasteiger partial charge in [0.1, 0.15) is 0 Å². The molecule has 0 bridgehead atoms. The van der Waals surface area contributed by atoms with Gasteiger partial charge in [-0.2, -0.15) is 0 Å². The van der Waals surface area contributed by atoms with Crippen molar-refractivity contribution in [2.45, 2.75) is 58.1 Å². The minimum atomic E-state index is -3.53. The predicted octanol–water partition coefficient (Wildman–Crippen LogP) is 4.35. The summed E-state index contributed by atoms with van der Waals surface area (Å²) in [6.45, 7) is 12.7. The fourth-order valence-corrected chi connectivity index (χ4v) is 2.78. The highest BCUT2D eigenvalue weighted by Crippen LogP contribution is 2.31. The molecule has 0 aliphatic carbocycles. The molecule has 0 unspecified atom stereocenters. The second-order valence-electron chi connectivity index (χ2n) is 7.10. The maximum absolute atomic E-state index is 11.3. The average Bonchev–Trinajstić information content (AvgIpc) is 2.11. The van der Waals surface area contributed by atoms with Gasteiger partial charge >= 0.3 is 0 Å². The van der Waals surface area contributed by atoms with E-state index >= 15 is 0 Å². The lowest BCUT2D eigenvalue weighted by atomic mass is 9.80. The van der Waals surface area contributed by atoms with Crippen molar-refractivity contribution in [3.8, 4) is 0 Å². The van der Waals surface area contributed by atoms with Crippen molar-refractivity contribution in [2.75, 3.05) is 0 Å². The van der Waals surface area contributed by atoms with Crippen molar-refractivity contribution >= 4 is 19.7 Å². The van der Waals surface area contributed by atoms with Crippen LogP contribution in [0.25, 0.3) is 0 Å². The zero-order valence-electron chi connectivity index (χ0n) is 12.5.